The summed E-state index contributed by atoms with van der Waals surface area (Å²) in [5.74, 6) is 2.00. The first-order valence-corrected chi connectivity index (χ1v) is 10.7. The topological polar surface area (TPSA) is 76.0 Å². The number of ether oxygens (including phenoxy) is 2. The quantitative estimate of drug-likeness (QED) is 0.687. The number of hydrogen-bond donors (Lipinski definition) is 1. The molecule has 1 N–H and O–H groups in total. The van der Waals surface area contributed by atoms with E-state index in [1.165, 1.54) is 0 Å². The Hall–Kier alpha value is -3.71. The van der Waals surface area contributed by atoms with E-state index >= 15 is 0 Å². The van der Waals surface area contributed by atoms with E-state index in [1.807, 2.05) is 36.4 Å². The molecule has 3 aromatic rings. The number of carbonyl (C=O) groups excluding carboxylic acids is 1. The minimum absolute atomic E-state index is 0.224. The van der Waals surface area contributed by atoms with Crippen LogP contribution in [0.5, 0.6) is 5.75 Å². The van der Waals surface area contributed by atoms with E-state index in [-0.39, 0.29) is 5.91 Å². The number of nitrogens with one attached hydrogen (secondary N) is 1. The Morgan fingerprint density at radius 2 is 1.88 bits per heavy atom. The second kappa shape index (κ2) is 8.80. The van der Waals surface area contributed by atoms with E-state index in [1.54, 1.807) is 19.4 Å². The molecule has 7 nitrogen and oxygen atoms in total. The van der Waals surface area contributed by atoms with Crippen molar-refractivity contribution in [2.75, 3.05) is 38.3 Å². The molecule has 0 unspecified atom stereocenters. The molecule has 7 heteroatoms. The van der Waals surface area contributed by atoms with Crippen LogP contribution in [0.2, 0.25) is 0 Å². The van der Waals surface area contributed by atoms with Crippen LogP contribution in [-0.2, 0) is 11.2 Å². The van der Waals surface area contributed by atoms with Gasteiger partial charge in [-0.25, -0.2) is 9.98 Å². The largest absolute Gasteiger partial charge is 0.496 e. The number of benzene rings is 2. The van der Waals surface area contributed by atoms with Crippen LogP contribution in [0.1, 0.15) is 15.9 Å². The highest BCUT2D eigenvalue weighted by atomic mass is 16.5. The fourth-order valence-corrected chi connectivity index (χ4v) is 4.08. The zero-order valence-electron chi connectivity index (χ0n) is 17.9. The normalized spacial score (nSPS) is 15.2. The summed E-state index contributed by atoms with van der Waals surface area (Å²) >= 11 is 0. The maximum atomic E-state index is 12.9. The number of fused-ring (bicyclic) bond motifs is 1. The molecule has 0 radical (unpaired) electrons. The molecular weight excluding hydrogens is 404 g/mol. The van der Waals surface area contributed by atoms with E-state index in [9.17, 15) is 4.79 Å². The second-order valence-corrected chi connectivity index (χ2v) is 7.70. The van der Waals surface area contributed by atoms with Gasteiger partial charge in [-0.3, -0.25) is 4.79 Å². The summed E-state index contributed by atoms with van der Waals surface area (Å²) < 4.78 is 10.9. The maximum absolute atomic E-state index is 12.9. The average molecular weight is 428 g/mol. The van der Waals surface area contributed by atoms with Crippen LogP contribution in [0, 0.1) is 0 Å². The highest BCUT2D eigenvalue weighted by Crippen LogP contribution is 2.42. The number of anilines is 1. The summed E-state index contributed by atoms with van der Waals surface area (Å²) in [6.07, 6.45) is 2.11. The predicted molar refractivity (Wildman–Crippen MR) is 124 cm³/mol. The summed E-state index contributed by atoms with van der Waals surface area (Å²) in [5, 5.41) is 2.95. The molecule has 1 amide bonds. The molecule has 1 saturated heterocycles. The lowest BCUT2D eigenvalue weighted by Crippen LogP contribution is -2.36. The van der Waals surface area contributed by atoms with E-state index in [4.69, 9.17) is 14.5 Å². The standard InChI is InChI=1S/C25H24N4O3/c1-31-21-9-8-19(17-5-3-2-4-6-17)24-20(21)15-22(27-24)28-25(30)18-7-10-23(26-16-18)29-11-13-32-14-12-29/h2-10,16H,11-15H2,1H3,(H,27,28,30). The smallest absolute Gasteiger partial charge is 0.258 e. The van der Waals surface area contributed by atoms with Crippen molar-refractivity contribution in [3.8, 4) is 16.9 Å². The van der Waals surface area contributed by atoms with Crippen LogP contribution in [0.15, 0.2) is 65.8 Å². The first kappa shape index (κ1) is 20.2. The van der Waals surface area contributed by atoms with Crippen molar-refractivity contribution in [2.24, 2.45) is 4.99 Å². The van der Waals surface area contributed by atoms with Crippen molar-refractivity contribution in [1.82, 2.24) is 10.3 Å². The van der Waals surface area contributed by atoms with Crippen molar-refractivity contribution < 1.29 is 14.3 Å². The number of nitrogens with zero attached hydrogens (tertiary/aromatic N) is 3. The lowest BCUT2D eigenvalue weighted by Gasteiger charge is -2.27. The van der Waals surface area contributed by atoms with Crippen molar-refractivity contribution in [2.45, 2.75) is 6.42 Å². The van der Waals surface area contributed by atoms with Gasteiger partial charge >= 0.3 is 0 Å². The lowest BCUT2D eigenvalue weighted by molar-refractivity contribution is 0.0976. The molecule has 1 fully saturated rings. The third-order valence-corrected chi connectivity index (χ3v) is 5.74. The molecule has 3 heterocycles. The van der Waals surface area contributed by atoms with Gasteiger partial charge in [-0.2, -0.15) is 0 Å². The van der Waals surface area contributed by atoms with Crippen LogP contribution in [-0.4, -0.2) is 50.1 Å². The molecule has 162 valence electrons. The number of pyridine rings is 1. The van der Waals surface area contributed by atoms with Crippen molar-refractivity contribution in [3.05, 3.63) is 71.9 Å². The molecule has 1 aromatic heterocycles. The Kier molecular flexibility index (Phi) is 5.56. The van der Waals surface area contributed by atoms with Gasteiger partial charge in [-0.15, -0.1) is 0 Å². The number of aliphatic imine (C=N–C) groups is 1. The van der Waals surface area contributed by atoms with Crippen molar-refractivity contribution in [3.63, 3.8) is 0 Å². The maximum Gasteiger partial charge on any atom is 0.258 e. The molecule has 0 aliphatic carbocycles. The Labute approximate surface area is 186 Å². The van der Waals surface area contributed by atoms with Crippen LogP contribution in [0.25, 0.3) is 11.1 Å². The fourth-order valence-electron chi connectivity index (χ4n) is 4.08. The summed E-state index contributed by atoms with van der Waals surface area (Å²) in [6.45, 7) is 3.00. The predicted octanol–water partition coefficient (Wildman–Crippen LogP) is 3.61. The average Bonchev–Trinajstić information content (AvgIpc) is 3.28. The Morgan fingerprint density at radius 1 is 1.06 bits per heavy atom. The summed E-state index contributed by atoms with van der Waals surface area (Å²) in [5.41, 5.74) is 4.40. The number of amidine groups is 1. The Morgan fingerprint density at radius 3 is 2.59 bits per heavy atom. The number of hydrogen-bond acceptors (Lipinski definition) is 6. The monoisotopic (exact) mass is 428 g/mol. The summed E-state index contributed by atoms with van der Waals surface area (Å²) in [7, 11) is 1.65. The highest BCUT2D eigenvalue weighted by molar-refractivity contribution is 6.10. The zero-order chi connectivity index (χ0) is 21.9. The van der Waals surface area contributed by atoms with E-state index in [2.05, 4.69) is 27.3 Å². The number of carbonyl (C=O) groups is 1. The van der Waals surface area contributed by atoms with E-state index in [0.717, 1.165) is 47.0 Å². The summed E-state index contributed by atoms with van der Waals surface area (Å²) in [6, 6.07) is 17.7. The second-order valence-electron chi connectivity index (χ2n) is 7.70. The SMILES string of the molecule is COc1ccc(-c2ccccc2)c2c1CC(NC(=O)c1ccc(N3CCOCC3)nc1)=N2. The Bertz CT molecular complexity index is 1150. The van der Waals surface area contributed by atoms with Crippen LogP contribution in [0.4, 0.5) is 11.5 Å². The first-order valence-electron chi connectivity index (χ1n) is 10.7. The molecule has 32 heavy (non-hydrogen) atoms. The van der Waals surface area contributed by atoms with Crippen LogP contribution >= 0.6 is 0 Å². The molecule has 0 saturated carbocycles. The van der Waals surface area contributed by atoms with E-state index in [0.29, 0.717) is 31.0 Å². The minimum atomic E-state index is -0.224. The molecule has 0 spiro atoms. The molecule has 2 aromatic carbocycles. The minimum Gasteiger partial charge on any atom is -0.496 e. The highest BCUT2D eigenvalue weighted by Gasteiger charge is 2.24. The summed E-state index contributed by atoms with van der Waals surface area (Å²) in [4.78, 5) is 24.2. The van der Waals surface area contributed by atoms with Crippen molar-refractivity contribution >= 4 is 23.2 Å². The number of aromatic nitrogens is 1. The number of methoxy groups -OCH3 is 1. The van der Waals surface area contributed by atoms with Gasteiger partial charge in [-0.1, -0.05) is 30.3 Å². The number of rotatable bonds is 4. The van der Waals surface area contributed by atoms with Gasteiger partial charge in [0, 0.05) is 36.8 Å². The molecule has 0 bridgehead atoms. The zero-order valence-corrected chi connectivity index (χ0v) is 17.9. The fraction of sp³-hybridized carbons (Fsp3) is 0.240. The molecule has 5 rings (SSSR count). The molecule has 2 aliphatic rings. The van der Waals surface area contributed by atoms with Gasteiger partial charge in [0.15, 0.2) is 0 Å². The van der Waals surface area contributed by atoms with Gasteiger partial charge in [0.25, 0.3) is 5.91 Å². The van der Waals surface area contributed by atoms with Crippen LogP contribution in [0.3, 0.4) is 0 Å². The lowest BCUT2D eigenvalue weighted by atomic mass is 9.99. The third-order valence-electron chi connectivity index (χ3n) is 5.74. The van der Waals surface area contributed by atoms with E-state index < -0.39 is 0 Å². The molecular formula is C25H24N4O3. The number of morpholine rings is 1. The number of amides is 1. The van der Waals surface area contributed by atoms with Gasteiger partial charge in [0.1, 0.15) is 17.4 Å². The Balaban J connectivity index is 1.35. The van der Waals surface area contributed by atoms with Crippen molar-refractivity contribution in [1.29, 1.82) is 0 Å². The van der Waals surface area contributed by atoms with Gasteiger partial charge in [0.05, 0.1) is 31.6 Å². The van der Waals surface area contributed by atoms with Gasteiger partial charge in [-0.05, 0) is 29.8 Å². The first-order chi connectivity index (χ1) is 15.7. The third kappa shape index (κ3) is 3.94. The molecule has 0 atom stereocenters. The van der Waals surface area contributed by atoms with Gasteiger partial charge < -0.3 is 19.7 Å². The molecule has 2 aliphatic heterocycles. The van der Waals surface area contributed by atoms with Crippen LogP contribution < -0.4 is 15.0 Å². The van der Waals surface area contributed by atoms with Gasteiger partial charge in [0.2, 0.25) is 0 Å².